The fraction of sp³-hybridized carbons (Fsp3) is 0.562. The van der Waals surface area contributed by atoms with Crippen molar-refractivity contribution in [3.05, 3.63) is 35.1 Å². The summed E-state index contributed by atoms with van der Waals surface area (Å²) in [6.07, 6.45) is 4.70. The first-order chi connectivity index (χ1) is 9.58. The van der Waals surface area contributed by atoms with E-state index in [1.54, 1.807) is 6.07 Å². The first-order valence-electron chi connectivity index (χ1n) is 7.24. The Hall–Kier alpha value is -1.00. The molecule has 4 heteroatoms. The van der Waals surface area contributed by atoms with Crippen molar-refractivity contribution < 1.29 is 9.13 Å². The Labute approximate surface area is 126 Å². The second kappa shape index (κ2) is 9.03. The molecule has 1 rings (SSSR count). The molecule has 0 heterocycles. The van der Waals surface area contributed by atoms with Crippen LogP contribution in [0, 0.1) is 11.7 Å². The molecule has 0 saturated carbocycles. The van der Waals surface area contributed by atoms with Crippen LogP contribution in [0.5, 0.6) is 0 Å². The van der Waals surface area contributed by atoms with Crippen molar-refractivity contribution in [2.45, 2.75) is 46.1 Å². The van der Waals surface area contributed by atoms with Crippen molar-refractivity contribution >= 4 is 17.2 Å². The van der Waals surface area contributed by atoms with Gasteiger partial charge in [-0.05, 0) is 36.1 Å². The molecule has 1 aromatic carbocycles. The van der Waals surface area contributed by atoms with Crippen molar-refractivity contribution in [2.75, 3.05) is 6.61 Å². The van der Waals surface area contributed by atoms with Gasteiger partial charge < -0.3 is 10.5 Å². The fourth-order valence-corrected chi connectivity index (χ4v) is 2.35. The minimum Gasteiger partial charge on any atom is -0.389 e. The Bertz CT molecular complexity index is 436. The van der Waals surface area contributed by atoms with Crippen molar-refractivity contribution in [3.8, 4) is 0 Å². The molecule has 0 radical (unpaired) electrons. The summed E-state index contributed by atoms with van der Waals surface area (Å²) in [7, 11) is 0. The Morgan fingerprint density at radius 3 is 2.75 bits per heavy atom. The van der Waals surface area contributed by atoms with Gasteiger partial charge in [-0.15, -0.1) is 0 Å². The molecule has 0 aliphatic carbocycles. The zero-order valence-corrected chi connectivity index (χ0v) is 13.1. The van der Waals surface area contributed by atoms with Crippen molar-refractivity contribution in [3.63, 3.8) is 0 Å². The molecule has 0 aromatic heterocycles. The van der Waals surface area contributed by atoms with Gasteiger partial charge in [0.05, 0.1) is 6.61 Å². The molecule has 0 saturated heterocycles. The summed E-state index contributed by atoms with van der Waals surface area (Å²) in [6.45, 7) is 5.41. The maximum absolute atomic E-state index is 13.3. The van der Waals surface area contributed by atoms with Crippen LogP contribution >= 0.6 is 12.2 Å². The lowest BCUT2D eigenvalue weighted by molar-refractivity contribution is 0.0817. The van der Waals surface area contributed by atoms with E-state index >= 15 is 0 Å². The molecule has 0 aliphatic heterocycles. The van der Waals surface area contributed by atoms with Crippen molar-refractivity contribution in [1.82, 2.24) is 0 Å². The van der Waals surface area contributed by atoms with E-state index in [1.807, 2.05) is 0 Å². The maximum Gasteiger partial charge on any atom is 0.123 e. The zero-order chi connectivity index (χ0) is 15.0. The average Bonchev–Trinajstić information content (AvgIpc) is 2.42. The van der Waals surface area contributed by atoms with E-state index in [2.05, 4.69) is 13.8 Å². The third-order valence-electron chi connectivity index (χ3n) is 3.49. The summed E-state index contributed by atoms with van der Waals surface area (Å²) >= 11 is 4.97. The number of thiocarbonyl (C=S) groups is 1. The predicted octanol–water partition coefficient (Wildman–Crippen LogP) is 4.19. The summed E-state index contributed by atoms with van der Waals surface area (Å²) in [5, 5.41) is 0. The molecule has 2 N–H and O–H groups in total. The molecular weight excluding hydrogens is 273 g/mol. The Kier molecular flexibility index (Phi) is 7.70. The van der Waals surface area contributed by atoms with Crippen LogP contribution in [0.3, 0.4) is 0 Å². The van der Waals surface area contributed by atoms with Gasteiger partial charge in [0.1, 0.15) is 10.8 Å². The molecule has 1 aromatic rings. The van der Waals surface area contributed by atoms with Gasteiger partial charge >= 0.3 is 0 Å². The highest BCUT2D eigenvalue weighted by molar-refractivity contribution is 7.80. The van der Waals surface area contributed by atoms with Crippen LogP contribution < -0.4 is 5.73 Å². The first-order valence-corrected chi connectivity index (χ1v) is 7.65. The smallest absolute Gasteiger partial charge is 0.123 e. The SMILES string of the molecule is CCCCC(CC)COCc1cc(F)ccc1C(N)=S. The first kappa shape index (κ1) is 17.1. The number of nitrogens with two attached hydrogens (primary N) is 1. The number of unbranched alkanes of at least 4 members (excludes halogenated alkanes) is 1. The van der Waals surface area contributed by atoms with E-state index < -0.39 is 0 Å². The Morgan fingerprint density at radius 1 is 1.40 bits per heavy atom. The van der Waals surface area contributed by atoms with Gasteiger partial charge in [-0.3, -0.25) is 0 Å². The molecule has 2 nitrogen and oxygen atoms in total. The minimum absolute atomic E-state index is 0.279. The molecule has 0 bridgehead atoms. The van der Waals surface area contributed by atoms with Crippen molar-refractivity contribution in [2.24, 2.45) is 11.7 Å². The highest BCUT2D eigenvalue weighted by atomic mass is 32.1. The molecule has 0 fully saturated rings. The summed E-state index contributed by atoms with van der Waals surface area (Å²) in [4.78, 5) is 0.279. The van der Waals surface area contributed by atoms with E-state index in [0.717, 1.165) is 12.0 Å². The second-order valence-corrected chi connectivity index (χ2v) is 5.54. The number of ether oxygens (including phenoxy) is 1. The normalized spacial score (nSPS) is 12.3. The minimum atomic E-state index is -0.290. The molecular formula is C16H24FNOS. The number of hydrogen-bond donors (Lipinski definition) is 1. The largest absolute Gasteiger partial charge is 0.389 e. The van der Waals surface area contributed by atoms with E-state index in [9.17, 15) is 4.39 Å². The van der Waals surface area contributed by atoms with Gasteiger partial charge in [0.15, 0.2) is 0 Å². The van der Waals surface area contributed by atoms with Crippen LogP contribution in [-0.4, -0.2) is 11.6 Å². The summed E-state index contributed by atoms with van der Waals surface area (Å²) in [5.74, 6) is 0.276. The lowest BCUT2D eigenvalue weighted by Gasteiger charge is -2.15. The second-order valence-electron chi connectivity index (χ2n) is 5.10. The molecule has 1 unspecified atom stereocenters. The van der Waals surface area contributed by atoms with Crippen molar-refractivity contribution in [1.29, 1.82) is 0 Å². The monoisotopic (exact) mass is 297 g/mol. The highest BCUT2D eigenvalue weighted by Crippen LogP contribution is 2.16. The third kappa shape index (κ3) is 5.55. The van der Waals surface area contributed by atoms with Crippen LogP contribution in [-0.2, 0) is 11.3 Å². The predicted molar refractivity (Wildman–Crippen MR) is 85.2 cm³/mol. The van der Waals surface area contributed by atoms with E-state index in [4.69, 9.17) is 22.7 Å². The lowest BCUT2D eigenvalue weighted by Crippen LogP contribution is -2.14. The van der Waals surface area contributed by atoms with E-state index in [-0.39, 0.29) is 10.8 Å². The third-order valence-corrected chi connectivity index (χ3v) is 3.71. The Morgan fingerprint density at radius 2 is 2.15 bits per heavy atom. The quantitative estimate of drug-likeness (QED) is 0.694. The average molecular weight is 297 g/mol. The van der Waals surface area contributed by atoms with E-state index in [1.165, 1.54) is 31.4 Å². The van der Waals surface area contributed by atoms with Gasteiger partial charge in [0.2, 0.25) is 0 Å². The van der Waals surface area contributed by atoms with Gasteiger partial charge in [-0.2, -0.15) is 0 Å². The molecule has 0 amide bonds. The van der Waals surface area contributed by atoms with Crippen LogP contribution in [0.25, 0.3) is 0 Å². The lowest BCUT2D eigenvalue weighted by atomic mass is 10.0. The molecule has 112 valence electrons. The van der Waals surface area contributed by atoms with Gasteiger partial charge in [-0.1, -0.05) is 45.3 Å². The number of benzene rings is 1. The van der Waals surface area contributed by atoms with Crippen LogP contribution in [0.2, 0.25) is 0 Å². The molecule has 20 heavy (non-hydrogen) atoms. The number of rotatable bonds is 9. The number of halogens is 1. The Balaban J connectivity index is 2.56. The van der Waals surface area contributed by atoms with Gasteiger partial charge in [-0.25, -0.2) is 4.39 Å². The van der Waals surface area contributed by atoms with Gasteiger partial charge in [0.25, 0.3) is 0 Å². The van der Waals surface area contributed by atoms with E-state index in [0.29, 0.717) is 24.7 Å². The summed E-state index contributed by atoms with van der Waals surface area (Å²) in [6, 6.07) is 4.43. The van der Waals surface area contributed by atoms with Crippen LogP contribution in [0.1, 0.15) is 50.7 Å². The molecule has 0 spiro atoms. The maximum atomic E-state index is 13.3. The summed E-state index contributed by atoms with van der Waals surface area (Å²) in [5.41, 5.74) is 7.06. The standard InChI is InChI=1S/C16H24FNOS/c1-3-5-6-12(4-2)10-19-11-13-9-14(17)7-8-15(13)16(18)20/h7-9,12H,3-6,10-11H2,1-2H3,(H2,18,20). The molecule has 1 atom stereocenters. The highest BCUT2D eigenvalue weighted by Gasteiger charge is 2.09. The van der Waals surface area contributed by atoms with Crippen LogP contribution in [0.15, 0.2) is 18.2 Å². The fourth-order valence-electron chi connectivity index (χ4n) is 2.16. The number of hydrogen-bond acceptors (Lipinski definition) is 2. The molecule has 0 aliphatic rings. The summed E-state index contributed by atoms with van der Waals surface area (Å²) < 4.78 is 19.0. The van der Waals surface area contributed by atoms with Gasteiger partial charge in [0, 0.05) is 12.2 Å². The van der Waals surface area contributed by atoms with Crippen LogP contribution in [0.4, 0.5) is 4.39 Å². The zero-order valence-electron chi connectivity index (χ0n) is 12.3. The topological polar surface area (TPSA) is 35.2 Å².